The molecule has 0 saturated carbocycles. The number of benzene rings is 1. The predicted octanol–water partition coefficient (Wildman–Crippen LogP) is 3.57. The fraction of sp³-hybridized carbons (Fsp3) is 0.200. The van der Waals surface area contributed by atoms with Gasteiger partial charge >= 0.3 is 0 Å². The van der Waals surface area contributed by atoms with E-state index in [4.69, 9.17) is 5.73 Å². The number of primary amides is 1. The molecule has 110 valence electrons. The molecule has 0 atom stereocenters. The second-order valence-corrected chi connectivity index (χ2v) is 6.88. The molecule has 0 aliphatic heterocycles. The number of carbonyl (C=O) groups is 2. The number of nitrogens with one attached hydrogen (secondary N) is 1. The maximum Gasteiger partial charge on any atom is 0.257 e. The van der Waals surface area contributed by atoms with E-state index in [2.05, 4.69) is 27.9 Å². The van der Waals surface area contributed by atoms with Gasteiger partial charge in [-0.1, -0.05) is 19.1 Å². The molecule has 0 aliphatic carbocycles. The molecule has 0 saturated heterocycles. The number of hydrogen-bond acceptors (Lipinski definition) is 3. The predicted molar refractivity (Wildman–Crippen MR) is 94.1 cm³/mol. The molecule has 1 aromatic heterocycles. The lowest BCUT2D eigenvalue weighted by molar-refractivity contribution is 0.100. The number of thiophene rings is 1. The minimum Gasteiger partial charge on any atom is -0.365 e. The summed E-state index contributed by atoms with van der Waals surface area (Å²) in [7, 11) is 0. The zero-order valence-corrected chi connectivity index (χ0v) is 14.7. The SMILES string of the molecule is CCc1c(C)sc(NC(=O)c2ccccc2I)c1C(N)=O. The molecule has 2 amide bonds. The second-order valence-electron chi connectivity index (χ2n) is 4.49. The Morgan fingerprint density at radius 3 is 2.57 bits per heavy atom. The smallest absolute Gasteiger partial charge is 0.257 e. The maximum absolute atomic E-state index is 12.4. The normalized spacial score (nSPS) is 10.4. The first-order valence-electron chi connectivity index (χ1n) is 6.43. The Bertz CT molecular complexity index is 710. The van der Waals surface area contributed by atoms with E-state index in [1.807, 2.05) is 32.0 Å². The van der Waals surface area contributed by atoms with Crippen molar-refractivity contribution >= 4 is 50.7 Å². The maximum atomic E-state index is 12.4. The topological polar surface area (TPSA) is 72.2 Å². The van der Waals surface area contributed by atoms with Gasteiger partial charge in [0, 0.05) is 8.45 Å². The summed E-state index contributed by atoms with van der Waals surface area (Å²) in [6.07, 6.45) is 0.708. The molecule has 1 aromatic carbocycles. The monoisotopic (exact) mass is 414 g/mol. The molecule has 0 bridgehead atoms. The van der Waals surface area contributed by atoms with E-state index in [0.29, 0.717) is 22.5 Å². The van der Waals surface area contributed by atoms with Gasteiger partial charge < -0.3 is 11.1 Å². The second kappa shape index (κ2) is 6.57. The van der Waals surface area contributed by atoms with Crippen LogP contribution in [0, 0.1) is 10.5 Å². The van der Waals surface area contributed by atoms with Crippen molar-refractivity contribution in [3.05, 3.63) is 49.4 Å². The molecular formula is C15H15IN2O2S. The third-order valence-electron chi connectivity index (χ3n) is 3.15. The van der Waals surface area contributed by atoms with Crippen LogP contribution in [0.4, 0.5) is 5.00 Å². The van der Waals surface area contributed by atoms with Crippen LogP contribution in [-0.4, -0.2) is 11.8 Å². The van der Waals surface area contributed by atoms with E-state index in [-0.39, 0.29) is 5.91 Å². The molecule has 21 heavy (non-hydrogen) atoms. The number of halogens is 1. The molecule has 2 rings (SSSR count). The molecule has 0 unspecified atom stereocenters. The number of rotatable bonds is 4. The van der Waals surface area contributed by atoms with E-state index in [0.717, 1.165) is 14.0 Å². The van der Waals surface area contributed by atoms with Crippen LogP contribution >= 0.6 is 33.9 Å². The molecule has 0 spiro atoms. The fourth-order valence-electron chi connectivity index (χ4n) is 2.17. The van der Waals surface area contributed by atoms with Crippen LogP contribution in [-0.2, 0) is 6.42 Å². The van der Waals surface area contributed by atoms with E-state index in [1.54, 1.807) is 6.07 Å². The van der Waals surface area contributed by atoms with Gasteiger partial charge in [-0.3, -0.25) is 9.59 Å². The lowest BCUT2D eigenvalue weighted by Gasteiger charge is -2.07. The van der Waals surface area contributed by atoms with Crippen molar-refractivity contribution in [1.82, 2.24) is 0 Å². The number of nitrogens with two attached hydrogens (primary N) is 1. The van der Waals surface area contributed by atoms with Gasteiger partial charge in [0.2, 0.25) is 0 Å². The molecule has 0 fully saturated rings. The lowest BCUT2D eigenvalue weighted by Crippen LogP contribution is -2.18. The van der Waals surface area contributed by atoms with Crippen LogP contribution in [0.2, 0.25) is 0 Å². The molecule has 2 aromatic rings. The quantitative estimate of drug-likeness (QED) is 0.751. The highest BCUT2D eigenvalue weighted by Gasteiger charge is 2.21. The molecule has 1 heterocycles. The number of carbonyl (C=O) groups excluding carboxylic acids is 2. The van der Waals surface area contributed by atoms with Crippen molar-refractivity contribution in [2.75, 3.05) is 5.32 Å². The summed E-state index contributed by atoms with van der Waals surface area (Å²) in [5.41, 5.74) is 7.38. The van der Waals surface area contributed by atoms with Gasteiger partial charge in [0.1, 0.15) is 5.00 Å². The Labute approximate surface area is 140 Å². The summed E-state index contributed by atoms with van der Waals surface area (Å²) >= 11 is 3.50. The number of aryl methyl sites for hydroxylation is 1. The van der Waals surface area contributed by atoms with Gasteiger partial charge in [-0.15, -0.1) is 11.3 Å². The van der Waals surface area contributed by atoms with Crippen molar-refractivity contribution < 1.29 is 9.59 Å². The molecule has 3 N–H and O–H groups in total. The lowest BCUT2D eigenvalue weighted by atomic mass is 10.1. The van der Waals surface area contributed by atoms with Gasteiger partial charge in [0.25, 0.3) is 11.8 Å². The summed E-state index contributed by atoms with van der Waals surface area (Å²) in [5, 5.41) is 3.35. The zero-order valence-electron chi connectivity index (χ0n) is 11.7. The Morgan fingerprint density at radius 1 is 1.33 bits per heavy atom. The Hall–Kier alpha value is -1.41. The van der Waals surface area contributed by atoms with E-state index >= 15 is 0 Å². The van der Waals surface area contributed by atoms with Crippen LogP contribution in [0.1, 0.15) is 38.1 Å². The first kappa shape index (κ1) is 16.0. The van der Waals surface area contributed by atoms with Crippen molar-refractivity contribution in [2.24, 2.45) is 5.73 Å². The molecule has 0 radical (unpaired) electrons. The molecular weight excluding hydrogens is 399 g/mol. The van der Waals surface area contributed by atoms with Crippen LogP contribution in [0.15, 0.2) is 24.3 Å². The van der Waals surface area contributed by atoms with Crippen LogP contribution in [0.5, 0.6) is 0 Å². The van der Waals surface area contributed by atoms with Gasteiger partial charge in [-0.2, -0.15) is 0 Å². The average Bonchev–Trinajstić information content (AvgIpc) is 2.74. The minimum absolute atomic E-state index is 0.230. The summed E-state index contributed by atoms with van der Waals surface area (Å²) in [6.45, 7) is 3.89. The van der Waals surface area contributed by atoms with Gasteiger partial charge in [-0.25, -0.2) is 0 Å². The Kier molecular flexibility index (Phi) is 5.00. The van der Waals surface area contributed by atoms with Crippen LogP contribution < -0.4 is 11.1 Å². The summed E-state index contributed by atoms with van der Waals surface area (Å²) in [4.78, 5) is 25.0. The van der Waals surface area contributed by atoms with Gasteiger partial charge in [0.15, 0.2) is 0 Å². The average molecular weight is 414 g/mol. The summed E-state index contributed by atoms with van der Waals surface area (Å²) < 4.78 is 0.859. The standard InChI is InChI=1S/C15H15IN2O2S/c1-3-9-8(2)21-15(12(9)13(17)19)18-14(20)10-6-4-5-7-11(10)16/h4-7H,3H2,1-2H3,(H2,17,19)(H,18,20). The zero-order chi connectivity index (χ0) is 15.6. The summed E-state index contributed by atoms with van der Waals surface area (Å²) in [5.74, 6) is -0.735. The Morgan fingerprint density at radius 2 is 2.00 bits per heavy atom. The van der Waals surface area contributed by atoms with Crippen LogP contribution in [0.25, 0.3) is 0 Å². The molecule has 0 aliphatic rings. The Balaban J connectivity index is 2.38. The van der Waals surface area contributed by atoms with Crippen molar-refractivity contribution in [2.45, 2.75) is 20.3 Å². The van der Waals surface area contributed by atoms with Crippen LogP contribution in [0.3, 0.4) is 0 Å². The van der Waals surface area contributed by atoms with Crippen molar-refractivity contribution in [3.8, 4) is 0 Å². The van der Waals surface area contributed by atoms with Crippen molar-refractivity contribution in [1.29, 1.82) is 0 Å². The van der Waals surface area contributed by atoms with E-state index < -0.39 is 5.91 Å². The molecule has 6 heteroatoms. The third kappa shape index (κ3) is 3.26. The number of hydrogen-bond donors (Lipinski definition) is 2. The van der Waals surface area contributed by atoms with Gasteiger partial charge in [-0.05, 0) is 53.6 Å². The minimum atomic E-state index is -0.505. The first-order valence-corrected chi connectivity index (χ1v) is 8.33. The fourth-order valence-corrected chi connectivity index (χ4v) is 3.95. The van der Waals surface area contributed by atoms with Crippen molar-refractivity contribution in [3.63, 3.8) is 0 Å². The highest BCUT2D eigenvalue weighted by molar-refractivity contribution is 14.1. The van der Waals surface area contributed by atoms with Gasteiger partial charge in [0.05, 0.1) is 11.1 Å². The number of anilines is 1. The highest BCUT2D eigenvalue weighted by Crippen LogP contribution is 2.33. The highest BCUT2D eigenvalue weighted by atomic mass is 127. The largest absolute Gasteiger partial charge is 0.365 e. The molecule has 4 nitrogen and oxygen atoms in total. The first-order chi connectivity index (χ1) is 9.95. The summed E-state index contributed by atoms with van der Waals surface area (Å²) in [6, 6.07) is 7.30. The van der Waals surface area contributed by atoms with E-state index in [1.165, 1.54) is 11.3 Å². The van der Waals surface area contributed by atoms with E-state index in [9.17, 15) is 9.59 Å². The third-order valence-corrected chi connectivity index (χ3v) is 5.16. The number of amides is 2.